The van der Waals surface area contributed by atoms with Gasteiger partial charge in [0.15, 0.2) is 5.82 Å². The molecule has 0 saturated carbocycles. The lowest BCUT2D eigenvalue weighted by atomic mass is 10.1. The molecule has 1 aromatic carbocycles. The summed E-state index contributed by atoms with van der Waals surface area (Å²) in [6.45, 7) is 0. The minimum Gasteiger partial charge on any atom is -0.368 e. The number of hydrogen-bond donors (Lipinski definition) is 4. The number of hydrogen-bond acceptors (Lipinski definition) is 6. The second kappa shape index (κ2) is 4.63. The van der Waals surface area contributed by atoms with E-state index < -0.39 is 0 Å². The zero-order valence-electron chi connectivity index (χ0n) is 10.4. The summed E-state index contributed by atoms with van der Waals surface area (Å²) in [7, 11) is 0. The lowest BCUT2D eigenvalue weighted by molar-refractivity contribution is 1.19. The SMILES string of the molecule is NNc1nc(N)nc2ccc(-c3ccc(=O)[nH]c3)cc12. The van der Waals surface area contributed by atoms with Gasteiger partial charge in [-0.15, -0.1) is 0 Å². The van der Waals surface area contributed by atoms with Gasteiger partial charge >= 0.3 is 0 Å². The summed E-state index contributed by atoms with van der Waals surface area (Å²) in [6, 6.07) is 8.82. The first-order valence-corrected chi connectivity index (χ1v) is 5.90. The number of pyridine rings is 1. The molecule has 0 aliphatic carbocycles. The van der Waals surface area contributed by atoms with E-state index in [2.05, 4.69) is 20.4 Å². The molecular weight excluding hydrogens is 256 g/mol. The van der Waals surface area contributed by atoms with Crippen molar-refractivity contribution in [1.29, 1.82) is 0 Å². The molecular formula is C13H12N6O. The number of aromatic nitrogens is 3. The van der Waals surface area contributed by atoms with Crippen LogP contribution in [0, 0.1) is 0 Å². The van der Waals surface area contributed by atoms with Crippen LogP contribution in [0.5, 0.6) is 0 Å². The predicted molar refractivity (Wildman–Crippen MR) is 77.8 cm³/mol. The molecule has 0 aliphatic heterocycles. The summed E-state index contributed by atoms with van der Waals surface area (Å²) >= 11 is 0. The smallest absolute Gasteiger partial charge is 0.247 e. The first kappa shape index (κ1) is 12.1. The van der Waals surface area contributed by atoms with E-state index in [0.29, 0.717) is 11.3 Å². The minimum absolute atomic E-state index is 0.144. The first-order chi connectivity index (χ1) is 9.67. The van der Waals surface area contributed by atoms with Crippen molar-refractivity contribution < 1.29 is 0 Å². The maximum absolute atomic E-state index is 11.1. The molecule has 2 heterocycles. The van der Waals surface area contributed by atoms with Crippen molar-refractivity contribution in [3.8, 4) is 11.1 Å². The molecule has 100 valence electrons. The second-order valence-corrected chi connectivity index (χ2v) is 4.25. The van der Waals surface area contributed by atoms with Crippen molar-refractivity contribution in [3.63, 3.8) is 0 Å². The highest BCUT2D eigenvalue weighted by atomic mass is 16.1. The summed E-state index contributed by atoms with van der Waals surface area (Å²) in [4.78, 5) is 21.9. The quantitative estimate of drug-likeness (QED) is 0.403. The van der Waals surface area contributed by atoms with Crippen LogP contribution >= 0.6 is 0 Å². The van der Waals surface area contributed by atoms with E-state index in [-0.39, 0.29) is 11.5 Å². The first-order valence-electron chi connectivity index (χ1n) is 5.90. The number of benzene rings is 1. The van der Waals surface area contributed by atoms with E-state index in [0.717, 1.165) is 16.5 Å². The van der Waals surface area contributed by atoms with Crippen molar-refractivity contribution in [2.45, 2.75) is 0 Å². The van der Waals surface area contributed by atoms with Gasteiger partial charge in [0.05, 0.1) is 5.52 Å². The zero-order valence-corrected chi connectivity index (χ0v) is 10.4. The fraction of sp³-hybridized carbons (Fsp3) is 0. The molecule has 0 fully saturated rings. The lowest BCUT2D eigenvalue weighted by Gasteiger charge is -2.08. The van der Waals surface area contributed by atoms with Gasteiger partial charge in [-0.2, -0.15) is 4.98 Å². The molecule has 20 heavy (non-hydrogen) atoms. The minimum atomic E-state index is -0.144. The third kappa shape index (κ3) is 2.06. The molecule has 3 rings (SSSR count). The third-order valence-electron chi connectivity index (χ3n) is 2.97. The van der Waals surface area contributed by atoms with Crippen molar-refractivity contribution in [3.05, 3.63) is 46.9 Å². The Morgan fingerprint density at radius 2 is 1.90 bits per heavy atom. The van der Waals surface area contributed by atoms with Gasteiger partial charge < -0.3 is 16.1 Å². The molecule has 0 aliphatic rings. The molecule has 7 heteroatoms. The van der Waals surface area contributed by atoms with E-state index in [1.807, 2.05) is 18.2 Å². The molecule has 6 N–H and O–H groups in total. The highest BCUT2D eigenvalue weighted by molar-refractivity contribution is 5.93. The fourth-order valence-corrected chi connectivity index (χ4v) is 2.03. The summed E-state index contributed by atoms with van der Waals surface area (Å²) < 4.78 is 0. The molecule has 0 bridgehead atoms. The van der Waals surface area contributed by atoms with Gasteiger partial charge in [0.2, 0.25) is 11.5 Å². The molecule has 0 saturated heterocycles. The van der Waals surface area contributed by atoms with Crippen LogP contribution in [0.25, 0.3) is 22.0 Å². The number of anilines is 2. The maximum Gasteiger partial charge on any atom is 0.247 e. The number of nitrogens with one attached hydrogen (secondary N) is 2. The Hall–Kier alpha value is -2.93. The number of nitrogens with zero attached hydrogens (tertiary/aromatic N) is 2. The van der Waals surface area contributed by atoms with Crippen LogP contribution < -0.4 is 22.6 Å². The third-order valence-corrected chi connectivity index (χ3v) is 2.97. The van der Waals surface area contributed by atoms with Gasteiger partial charge in [-0.05, 0) is 29.3 Å². The van der Waals surface area contributed by atoms with E-state index in [1.165, 1.54) is 6.07 Å². The van der Waals surface area contributed by atoms with E-state index in [1.54, 1.807) is 12.3 Å². The standard InChI is InChI=1S/C13H12N6O/c14-13-17-10-3-1-7(5-9(10)12(18-13)19-15)8-2-4-11(20)16-6-8/h1-6H,15H2,(H,16,20)(H3,14,17,18,19). The van der Waals surface area contributed by atoms with Gasteiger partial charge in [0.1, 0.15) is 0 Å². The molecule has 3 aromatic rings. The van der Waals surface area contributed by atoms with E-state index >= 15 is 0 Å². The normalized spacial score (nSPS) is 10.7. The van der Waals surface area contributed by atoms with Crippen LogP contribution in [0.4, 0.5) is 11.8 Å². The molecule has 0 radical (unpaired) electrons. The summed E-state index contributed by atoms with van der Waals surface area (Å²) in [5.41, 5.74) is 10.5. The summed E-state index contributed by atoms with van der Waals surface area (Å²) in [5.74, 6) is 6.06. The number of hydrazine groups is 1. The Morgan fingerprint density at radius 1 is 1.10 bits per heavy atom. The number of nitrogens with two attached hydrogens (primary N) is 2. The number of H-pyrrole nitrogens is 1. The monoisotopic (exact) mass is 268 g/mol. The average Bonchev–Trinajstić information content (AvgIpc) is 2.46. The fourth-order valence-electron chi connectivity index (χ4n) is 2.03. The van der Waals surface area contributed by atoms with Gasteiger partial charge in [0.25, 0.3) is 0 Å². The predicted octanol–water partition coefficient (Wildman–Crippen LogP) is 0.853. The van der Waals surface area contributed by atoms with Crippen molar-refractivity contribution in [1.82, 2.24) is 15.0 Å². The molecule has 0 amide bonds. The van der Waals surface area contributed by atoms with Gasteiger partial charge in [0, 0.05) is 17.6 Å². The van der Waals surface area contributed by atoms with Gasteiger partial charge in [-0.1, -0.05) is 6.07 Å². The van der Waals surface area contributed by atoms with Crippen LogP contribution in [0.15, 0.2) is 41.3 Å². The maximum atomic E-state index is 11.1. The number of aromatic amines is 1. The number of nitrogen functional groups attached to an aromatic ring is 2. The highest BCUT2D eigenvalue weighted by Gasteiger charge is 2.07. The van der Waals surface area contributed by atoms with Crippen molar-refractivity contribution in [2.24, 2.45) is 5.84 Å². The van der Waals surface area contributed by atoms with Gasteiger partial charge in [-0.25, -0.2) is 10.8 Å². The van der Waals surface area contributed by atoms with Crippen LogP contribution in [0.3, 0.4) is 0 Å². The molecule has 0 spiro atoms. The van der Waals surface area contributed by atoms with E-state index in [4.69, 9.17) is 11.6 Å². The van der Waals surface area contributed by atoms with Crippen LogP contribution in [-0.4, -0.2) is 15.0 Å². The number of rotatable bonds is 2. The number of fused-ring (bicyclic) bond motifs is 1. The average molecular weight is 268 g/mol. The summed E-state index contributed by atoms with van der Waals surface area (Å²) in [6.07, 6.45) is 1.65. The molecule has 7 nitrogen and oxygen atoms in total. The lowest BCUT2D eigenvalue weighted by Crippen LogP contribution is -2.11. The van der Waals surface area contributed by atoms with Crippen molar-refractivity contribution >= 4 is 22.7 Å². The van der Waals surface area contributed by atoms with Gasteiger partial charge in [-0.3, -0.25) is 4.79 Å². The topological polar surface area (TPSA) is 123 Å². The Balaban J connectivity index is 2.21. The van der Waals surface area contributed by atoms with Crippen LogP contribution in [0.2, 0.25) is 0 Å². The van der Waals surface area contributed by atoms with Crippen LogP contribution in [0.1, 0.15) is 0 Å². The Morgan fingerprint density at radius 3 is 2.60 bits per heavy atom. The molecule has 0 atom stereocenters. The van der Waals surface area contributed by atoms with Crippen LogP contribution in [-0.2, 0) is 0 Å². The summed E-state index contributed by atoms with van der Waals surface area (Å²) in [5, 5.41) is 0.755. The zero-order chi connectivity index (χ0) is 14.1. The largest absolute Gasteiger partial charge is 0.368 e. The Labute approximate surface area is 113 Å². The van der Waals surface area contributed by atoms with Crippen molar-refractivity contribution in [2.75, 3.05) is 11.2 Å². The Kier molecular flexibility index (Phi) is 2.81. The Bertz CT molecular complexity index is 821. The molecule has 2 aromatic heterocycles. The highest BCUT2D eigenvalue weighted by Crippen LogP contribution is 2.26. The van der Waals surface area contributed by atoms with E-state index in [9.17, 15) is 4.79 Å². The second-order valence-electron chi connectivity index (χ2n) is 4.25. The molecule has 0 unspecified atom stereocenters.